The summed E-state index contributed by atoms with van der Waals surface area (Å²) in [5, 5.41) is 15.7. The van der Waals surface area contributed by atoms with Crippen LogP contribution in [-0.2, 0) is 25.7 Å². The van der Waals surface area contributed by atoms with Crippen molar-refractivity contribution >= 4 is 17.7 Å². The van der Waals surface area contributed by atoms with Crippen molar-refractivity contribution in [3.8, 4) is 0 Å². The van der Waals surface area contributed by atoms with Crippen LogP contribution < -0.4 is 10.6 Å². The zero-order valence-corrected chi connectivity index (χ0v) is 24.5. The lowest BCUT2D eigenvalue weighted by molar-refractivity contribution is -0.148. The van der Waals surface area contributed by atoms with Crippen molar-refractivity contribution in [1.82, 2.24) is 15.5 Å². The van der Waals surface area contributed by atoms with Crippen LogP contribution in [0.1, 0.15) is 85.6 Å². The van der Waals surface area contributed by atoms with Gasteiger partial charge in [0, 0.05) is 25.2 Å². The maximum Gasteiger partial charge on any atom is 0.246 e. The number of carbonyl (C=O) groups is 3. The minimum absolute atomic E-state index is 0.000425. The van der Waals surface area contributed by atoms with E-state index in [1.807, 2.05) is 51.1 Å². The molecule has 39 heavy (non-hydrogen) atoms. The van der Waals surface area contributed by atoms with E-state index in [2.05, 4.69) is 31.4 Å². The van der Waals surface area contributed by atoms with Crippen LogP contribution in [0.5, 0.6) is 0 Å². The number of fused-ring (bicyclic) bond motifs is 1. The molecule has 3 fully saturated rings. The van der Waals surface area contributed by atoms with Crippen LogP contribution in [0.25, 0.3) is 0 Å². The topological polar surface area (TPSA) is 108 Å². The molecule has 8 nitrogen and oxygen atoms in total. The molecule has 0 aromatic heterocycles. The molecule has 5 atom stereocenters. The van der Waals surface area contributed by atoms with Crippen molar-refractivity contribution in [2.45, 2.75) is 109 Å². The van der Waals surface area contributed by atoms with Crippen LogP contribution in [0.3, 0.4) is 0 Å². The average Bonchev–Trinajstić information content (AvgIpc) is 3.45. The number of unbranched alkanes of at least 4 members (excludes halogenated alkanes) is 1. The number of nitrogens with one attached hydrogen (secondary N) is 2. The van der Waals surface area contributed by atoms with Gasteiger partial charge in [-0.15, -0.1) is 0 Å². The highest BCUT2D eigenvalue weighted by Crippen LogP contribution is 2.64. The third kappa shape index (κ3) is 5.60. The number of likely N-dealkylation sites (tertiary alicyclic amines) is 1. The van der Waals surface area contributed by atoms with E-state index in [0.717, 1.165) is 12.0 Å². The molecule has 0 radical (unpaired) electrons. The second-order valence-electron chi connectivity index (χ2n) is 13.6. The van der Waals surface area contributed by atoms with Crippen LogP contribution in [-0.4, -0.2) is 63.7 Å². The Kier molecular flexibility index (Phi) is 8.21. The predicted molar refractivity (Wildman–Crippen MR) is 149 cm³/mol. The molecular formula is C31H47N3O5. The molecule has 3 N–H and O–H groups in total. The first-order valence-electron chi connectivity index (χ1n) is 14.5. The number of aliphatic hydroxyl groups excluding tert-OH is 1. The molecule has 3 amide bonds. The van der Waals surface area contributed by atoms with Crippen LogP contribution in [0.4, 0.5) is 0 Å². The van der Waals surface area contributed by atoms with Gasteiger partial charge in [0.2, 0.25) is 17.7 Å². The Morgan fingerprint density at radius 3 is 2.38 bits per heavy atom. The van der Waals surface area contributed by atoms with Crippen LogP contribution >= 0.6 is 0 Å². The number of nitrogens with zero attached hydrogens (tertiary/aromatic N) is 1. The van der Waals surface area contributed by atoms with Crippen LogP contribution in [0.2, 0.25) is 0 Å². The maximum absolute atomic E-state index is 14.1. The Morgan fingerprint density at radius 2 is 1.77 bits per heavy atom. The highest BCUT2D eigenvalue weighted by atomic mass is 16.5. The number of hydrogen-bond acceptors (Lipinski definition) is 5. The summed E-state index contributed by atoms with van der Waals surface area (Å²) >= 11 is 0. The summed E-state index contributed by atoms with van der Waals surface area (Å²) in [7, 11) is 0. The number of ether oxygens (including phenoxy) is 1. The fraction of sp³-hybridized carbons (Fsp3) is 0.710. The van der Waals surface area contributed by atoms with E-state index in [-0.39, 0.29) is 29.7 Å². The molecule has 1 spiro atoms. The summed E-state index contributed by atoms with van der Waals surface area (Å²) in [5.74, 6) is -1.96. The largest absolute Gasteiger partial charge is 0.396 e. The third-order valence-electron chi connectivity index (χ3n) is 8.76. The molecule has 0 saturated carbocycles. The fourth-order valence-corrected chi connectivity index (χ4v) is 7.72. The predicted octanol–water partition coefficient (Wildman–Crippen LogP) is 3.56. The molecule has 3 saturated heterocycles. The molecule has 3 aliphatic rings. The van der Waals surface area contributed by atoms with Crippen molar-refractivity contribution in [2.24, 2.45) is 17.3 Å². The molecule has 3 aliphatic heterocycles. The van der Waals surface area contributed by atoms with Gasteiger partial charge in [-0.1, -0.05) is 58.0 Å². The Balaban J connectivity index is 1.66. The van der Waals surface area contributed by atoms with E-state index in [1.54, 1.807) is 4.90 Å². The minimum Gasteiger partial charge on any atom is -0.396 e. The van der Waals surface area contributed by atoms with Gasteiger partial charge < -0.3 is 25.4 Å². The molecule has 1 aromatic rings. The Labute approximate surface area is 233 Å². The Bertz CT molecular complexity index is 1070. The second-order valence-corrected chi connectivity index (χ2v) is 13.6. The lowest BCUT2D eigenvalue weighted by Crippen LogP contribution is -2.59. The van der Waals surface area contributed by atoms with Crippen molar-refractivity contribution in [3.05, 3.63) is 35.9 Å². The number of carbonyl (C=O) groups excluding carboxylic acids is 3. The number of amides is 3. The quantitative estimate of drug-likeness (QED) is 0.371. The van der Waals surface area contributed by atoms with Gasteiger partial charge in [-0.05, 0) is 63.4 Å². The van der Waals surface area contributed by atoms with Gasteiger partial charge in [-0.25, -0.2) is 0 Å². The molecule has 8 heteroatoms. The van der Waals surface area contributed by atoms with Gasteiger partial charge in [0.05, 0.1) is 17.4 Å². The molecule has 2 unspecified atom stereocenters. The summed E-state index contributed by atoms with van der Waals surface area (Å²) in [4.78, 5) is 43.7. The fourth-order valence-electron chi connectivity index (χ4n) is 7.72. The van der Waals surface area contributed by atoms with Crippen molar-refractivity contribution < 1.29 is 24.2 Å². The van der Waals surface area contributed by atoms with E-state index in [1.165, 1.54) is 0 Å². The standard InChI is InChI=1S/C31H47N3O5/c1-7-30-15-16-31(39-30)23(22(30)25(36)32-19-21-13-9-8-10-14-21)27(38)34(17-11-12-18-35)24(31)26(37)33-29(5,6)20-28(2,3)4/h8-10,13-14,22-24,35H,7,11-12,15-20H2,1-6H3,(H,32,36)(H,33,37)/t22-,23-,24?,30+,31?/m0/s1. The maximum atomic E-state index is 14.1. The normalized spacial score (nSPS) is 30.0. The first-order valence-corrected chi connectivity index (χ1v) is 14.5. The molecule has 1 aromatic carbocycles. The smallest absolute Gasteiger partial charge is 0.246 e. The first kappa shape index (κ1) is 29.5. The van der Waals surface area contributed by atoms with Gasteiger partial charge >= 0.3 is 0 Å². The van der Waals surface area contributed by atoms with E-state index in [4.69, 9.17) is 4.74 Å². The third-order valence-corrected chi connectivity index (χ3v) is 8.76. The van der Waals surface area contributed by atoms with E-state index in [0.29, 0.717) is 45.2 Å². The van der Waals surface area contributed by atoms with Crippen molar-refractivity contribution in [1.29, 1.82) is 0 Å². The first-order chi connectivity index (χ1) is 18.3. The van der Waals surface area contributed by atoms with Crippen LogP contribution in [0, 0.1) is 17.3 Å². The summed E-state index contributed by atoms with van der Waals surface area (Å²) in [5.41, 5.74) is -1.31. The molecule has 4 rings (SSSR count). The van der Waals surface area contributed by atoms with Crippen LogP contribution in [0.15, 0.2) is 30.3 Å². The summed E-state index contributed by atoms with van der Waals surface area (Å²) in [6, 6.07) is 8.89. The average molecular weight is 542 g/mol. The number of benzene rings is 1. The SMILES string of the molecule is CC[C@]12CCC3(O1)C(C(=O)NC(C)(C)CC(C)(C)C)N(CCCCO)C(=O)[C@@H]3[C@H]2C(=O)NCc1ccccc1. The van der Waals surface area contributed by atoms with Crippen molar-refractivity contribution in [2.75, 3.05) is 13.2 Å². The zero-order valence-electron chi connectivity index (χ0n) is 24.5. The van der Waals surface area contributed by atoms with Gasteiger partial charge in [-0.3, -0.25) is 14.4 Å². The highest BCUT2D eigenvalue weighted by Gasteiger charge is 2.78. The summed E-state index contributed by atoms with van der Waals surface area (Å²) < 4.78 is 6.83. The van der Waals surface area contributed by atoms with Gasteiger partial charge in [0.15, 0.2) is 0 Å². The second kappa shape index (κ2) is 10.8. The minimum atomic E-state index is -1.04. The lowest BCUT2D eigenvalue weighted by Gasteiger charge is -2.38. The monoisotopic (exact) mass is 541 g/mol. The number of aliphatic hydroxyl groups is 1. The Hall–Kier alpha value is -2.45. The van der Waals surface area contributed by atoms with Gasteiger partial charge in [0.25, 0.3) is 0 Å². The number of rotatable bonds is 11. The number of hydrogen-bond donors (Lipinski definition) is 3. The molecular weight excluding hydrogens is 494 g/mol. The zero-order chi connectivity index (χ0) is 28.6. The molecule has 2 bridgehead atoms. The van der Waals surface area contributed by atoms with E-state index in [9.17, 15) is 19.5 Å². The highest BCUT2D eigenvalue weighted by molar-refractivity contribution is 5.99. The summed E-state index contributed by atoms with van der Waals surface area (Å²) in [6.07, 6.45) is 3.66. The van der Waals surface area contributed by atoms with Gasteiger partial charge in [-0.2, -0.15) is 0 Å². The molecule has 216 valence electrons. The lowest BCUT2D eigenvalue weighted by atomic mass is 9.65. The van der Waals surface area contributed by atoms with E-state index >= 15 is 0 Å². The van der Waals surface area contributed by atoms with E-state index < -0.39 is 34.6 Å². The molecule has 0 aliphatic carbocycles. The van der Waals surface area contributed by atoms with Crippen molar-refractivity contribution in [3.63, 3.8) is 0 Å². The Morgan fingerprint density at radius 1 is 1.08 bits per heavy atom. The summed E-state index contributed by atoms with van der Waals surface area (Å²) in [6.45, 7) is 13.2. The van der Waals surface area contributed by atoms with Gasteiger partial charge in [0.1, 0.15) is 11.6 Å². The molecule has 3 heterocycles.